The molecule has 0 unspecified atom stereocenters. The summed E-state index contributed by atoms with van der Waals surface area (Å²) in [4.78, 5) is 4.07. The molecule has 3 aromatic carbocycles. The van der Waals surface area contributed by atoms with E-state index in [9.17, 15) is 8.42 Å². The third-order valence-corrected chi connectivity index (χ3v) is 10.3. The predicted octanol–water partition coefficient (Wildman–Crippen LogP) is 6.13. The van der Waals surface area contributed by atoms with E-state index in [4.69, 9.17) is 0 Å². The van der Waals surface area contributed by atoms with E-state index < -0.39 is 9.84 Å². The molecule has 0 N–H and O–H groups in total. The van der Waals surface area contributed by atoms with Gasteiger partial charge in [0, 0.05) is 0 Å². The van der Waals surface area contributed by atoms with Crippen LogP contribution in [0.2, 0.25) is 0 Å². The van der Waals surface area contributed by atoms with Crippen molar-refractivity contribution in [2.45, 2.75) is 57.4 Å². The van der Waals surface area contributed by atoms with Crippen LogP contribution in [0.3, 0.4) is 0 Å². The first kappa shape index (κ1) is 20.2. The highest BCUT2D eigenvalue weighted by molar-refractivity contribution is 7.97. The maximum atomic E-state index is 13.1. The van der Waals surface area contributed by atoms with Crippen LogP contribution < -0.4 is 0 Å². The molecule has 0 amide bonds. The minimum atomic E-state index is -3.25. The number of sulfone groups is 1. The van der Waals surface area contributed by atoms with E-state index in [1.807, 2.05) is 36.4 Å². The first-order valence-corrected chi connectivity index (χ1v) is 13.0. The van der Waals surface area contributed by atoms with E-state index in [-0.39, 0.29) is 16.1 Å². The highest BCUT2D eigenvalue weighted by Gasteiger charge is 2.32. The Balaban J connectivity index is 1.66. The van der Waals surface area contributed by atoms with E-state index in [0.29, 0.717) is 10.8 Å². The van der Waals surface area contributed by atoms with Gasteiger partial charge >= 0.3 is 0 Å². The molecule has 3 aromatic rings. The maximum Gasteiger partial charge on any atom is 0.181 e. The summed E-state index contributed by atoms with van der Waals surface area (Å²) in [5.41, 5.74) is 0. The fourth-order valence-electron chi connectivity index (χ4n) is 4.02. The number of benzene rings is 3. The Morgan fingerprint density at radius 2 is 1.10 bits per heavy atom. The summed E-state index contributed by atoms with van der Waals surface area (Å²) in [6.07, 6.45) is 3.58. The number of hydrogen-bond acceptors (Lipinski definition) is 2. The molecule has 4 rings (SSSR count). The van der Waals surface area contributed by atoms with Gasteiger partial charge in [0.05, 0.1) is 21.0 Å². The molecule has 0 saturated heterocycles. The van der Waals surface area contributed by atoms with Crippen molar-refractivity contribution in [1.29, 1.82) is 0 Å². The molecule has 0 atom stereocenters. The Morgan fingerprint density at radius 1 is 0.655 bits per heavy atom. The van der Waals surface area contributed by atoms with Crippen LogP contribution >= 0.6 is 0 Å². The maximum absolute atomic E-state index is 13.1. The molecule has 4 heteroatoms. The average Bonchev–Trinajstić information content (AvgIpc) is 2.76. The van der Waals surface area contributed by atoms with Gasteiger partial charge in [-0.15, -0.1) is 0 Å². The summed E-state index contributed by atoms with van der Waals surface area (Å²) in [7, 11) is -3.51. The van der Waals surface area contributed by atoms with Gasteiger partial charge < -0.3 is 0 Å². The largest absolute Gasteiger partial charge is 0.223 e. The Morgan fingerprint density at radius 3 is 1.59 bits per heavy atom. The first-order chi connectivity index (χ1) is 14.1. The SMILES string of the molecule is CC1CCC(S(=O)(=O)c2ccc([S+](c3ccccc3)c3ccccc3)cc2)CC1. The molecule has 0 aromatic heterocycles. The molecule has 0 bridgehead atoms. The molecule has 150 valence electrons. The number of rotatable bonds is 5. The third kappa shape index (κ3) is 4.44. The van der Waals surface area contributed by atoms with Gasteiger partial charge in [0.1, 0.15) is 0 Å². The highest BCUT2D eigenvalue weighted by Crippen LogP contribution is 2.34. The molecule has 0 aliphatic heterocycles. The predicted molar refractivity (Wildman–Crippen MR) is 120 cm³/mol. The van der Waals surface area contributed by atoms with Gasteiger partial charge in [-0.05, 0) is 80.1 Å². The molecule has 29 heavy (non-hydrogen) atoms. The van der Waals surface area contributed by atoms with Gasteiger partial charge in [-0.1, -0.05) is 43.3 Å². The van der Waals surface area contributed by atoms with Crippen LogP contribution in [0.5, 0.6) is 0 Å². The Bertz CT molecular complexity index is 982. The monoisotopic (exact) mass is 423 g/mol. The average molecular weight is 424 g/mol. The number of hydrogen-bond donors (Lipinski definition) is 0. The summed E-state index contributed by atoms with van der Waals surface area (Å²) in [5, 5.41) is -0.231. The van der Waals surface area contributed by atoms with Crippen molar-refractivity contribution in [1.82, 2.24) is 0 Å². The second-order valence-corrected chi connectivity index (χ2v) is 12.1. The van der Waals surface area contributed by atoms with Gasteiger partial charge in [0.2, 0.25) is 0 Å². The van der Waals surface area contributed by atoms with Crippen molar-refractivity contribution < 1.29 is 8.42 Å². The molecular weight excluding hydrogens is 396 g/mol. The second-order valence-electron chi connectivity index (χ2n) is 7.83. The van der Waals surface area contributed by atoms with Crippen molar-refractivity contribution >= 4 is 20.7 Å². The van der Waals surface area contributed by atoms with E-state index in [1.165, 1.54) is 9.79 Å². The smallest absolute Gasteiger partial charge is 0.181 e. The van der Waals surface area contributed by atoms with Crippen LogP contribution in [-0.2, 0) is 20.7 Å². The standard InChI is InChI=1S/C25H27O2S2/c1-20-12-16-24(17-13-20)29(26,27)25-18-14-23(15-19-25)28(21-8-4-2-5-9-21)22-10-6-3-7-11-22/h2-11,14-15,18-20,24H,12-13,16-17H2,1H3/q+1. The van der Waals surface area contributed by atoms with Crippen LogP contribution in [0.1, 0.15) is 32.6 Å². The summed E-state index contributed by atoms with van der Waals surface area (Å²) in [5.74, 6) is 0.641. The highest BCUT2D eigenvalue weighted by atomic mass is 32.2. The lowest BCUT2D eigenvalue weighted by Gasteiger charge is -2.26. The van der Waals surface area contributed by atoms with Crippen LogP contribution in [0, 0.1) is 5.92 Å². The lowest BCUT2D eigenvalue weighted by atomic mass is 9.91. The van der Waals surface area contributed by atoms with E-state index in [2.05, 4.69) is 55.5 Å². The molecule has 2 nitrogen and oxygen atoms in total. The van der Waals surface area contributed by atoms with Crippen molar-refractivity contribution in [2.24, 2.45) is 5.92 Å². The molecular formula is C25H27O2S2+. The Hall–Kier alpha value is -2.04. The quantitative estimate of drug-likeness (QED) is 0.462. The molecule has 0 spiro atoms. The van der Waals surface area contributed by atoms with Crippen LogP contribution in [0.25, 0.3) is 0 Å². The molecule has 0 radical (unpaired) electrons. The second kappa shape index (κ2) is 8.76. The van der Waals surface area contributed by atoms with Crippen molar-refractivity contribution in [3.63, 3.8) is 0 Å². The van der Waals surface area contributed by atoms with Gasteiger partial charge in [0.25, 0.3) is 0 Å². The summed E-state index contributed by atoms with van der Waals surface area (Å²) in [6, 6.07) is 28.5. The third-order valence-electron chi connectivity index (χ3n) is 5.75. The minimum absolute atomic E-state index is 0.231. The minimum Gasteiger partial charge on any atom is -0.223 e. The Labute approximate surface area is 177 Å². The lowest BCUT2D eigenvalue weighted by molar-refractivity contribution is 0.382. The van der Waals surface area contributed by atoms with E-state index >= 15 is 0 Å². The molecule has 1 fully saturated rings. The summed E-state index contributed by atoms with van der Waals surface area (Å²) >= 11 is 0. The molecule has 1 saturated carbocycles. The van der Waals surface area contributed by atoms with Crippen LogP contribution in [0.4, 0.5) is 0 Å². The zero-order valence-corrected chi connectivity index (χ0v) is 18.3. The summed E-state index contributed by atoms with van der Waals surface area (Å²) < 4.78 is 26.2. The van der Waals surface area contributed by atoms with Crippen LogP contribution in [0.15, 0.2) is 105 Å². The van der Waals surface area contributed by atoms with Crippen molar-refractivity contribution in [2.75, 3.05) is 0 Å². The zero-order chi connectivity index (χ0) is 20.3. The van der Waals surface area contributed by atoms with Crippen molar-refractivity contribution in [3.05, 3.63) is 84.9 Å². The topological polar surface area (TPSA) is 34.1 Å². The molecule has 1 aliphatic rings. The zero-order valence-electron chi connectivity index (χ0n) is 16.7. The lowest BCUT2D eigenvalue weighted by Crippen LogP contribution is -2.26. The van der Waals surface area contributed by atoms with Crippen molar-refractivity contribution in [3.8, 4) is 0 Å². The first-order valence-electron chi connectivity index (χ1n) is 10.2. The van der Waals surface area contributed by atoms with Gasteiger partial charge in [-0.25, -0.2) is 8.42 Å². The normalized spacial score (nSPS) is 19.9. The van der Waals surface area contributed by atoms with E-state index in [0.717, 1.165) is 30.6 Å². The van der Waals surface area contributed by atoms with E-state index in [1.54, 1.807) is 0 Å². The Kier molecular flexibility index (Phi) is 6.12. The molecule has 1 aliphatic carbocycles. The molecule has 0 heterocycles. The van der Waals surface area contributed by atoms with Crippen LogP contribution in [-0.4, -0.2) is 13.7 Å². The van der Waals surface area contributed by atoms with Gasteiger partial charge in [-0.2, -0.15) is 0 Å². The fourth-order valence-corrected chi connectivity index (χ4v) is 7.90. The van der Waals surface area contributed by atoms with Gasteiger partial charge in [0.15, 0.2) is 24.5 Å². The van der Waals surface area contributed by atoms with Gasteiger partial charge in [-0.3, -0.25) is 0 Å². The fraction of sp³-hybridized carbons (Fsp3) is 0.280. The summed E-state index contributed by atoms with van der Waals surface area (Å²) in [6.45, 7) is 2.21.